The largest absolute Gasteiger partial charge is 0.491 e. The number of ether oxygens (including phenoxy) is 1. The van der Waals surface area contributed by atoms with Crippen LogP contribution in [0.1, 0.15) is 116 Å². The molecule has 0 N–H and O–H groups in total. The molecule has 3 nitrogen and oxygen atoms in total. The maximum atomic E-state index is 14.1. The molecule has 0 aliphatic carbocycles. The lowest BCUT2D eigenvalue weighted by Crippen LogP contribution is -2.12. The maximum absolute atomic E-state index is 14.1. The summed E-state index contributed by atoms with van der Waals surface area (Å²) in [6.07, 6.45) is 22.3. The standard InChI is InChI=1S/C30H47FN2O/c1-3-5-7-9-11-12-13-15-17-26-23-32-30(33-24-26)27-19-21-29(22-20-27)34-25-28(31)18-16-14-10-8-6-4-2/h19-24,28H,3-18,25H2,1-2H3. The Balaban J connectivity index is 1.63. The first-order valence-electron chi connectivity index (χ1n) is 13.9. The van der Waals surface area contributed by atoms with Crippen molar-refractivity contribution in [2.24, 2.45) is 0 Å². The molecular weight excluding hydrogens is 423 g/mol. The van der Waals surface area contributed by atoms with Crippen molar-refractivity contribution in [3.05, 3.63) is 42.2 Å². The summed E-state index contributed by atoms with van der Waals surface area (Å²) >= 11 is 0. The highest BCUT2D eigenvalue weighted by Crippen LogP contribution is 2.20. The maximum Gasteiger partial charge on any atom is 0.159 e. The monoisotopic (exact) mass is 470 g/mol. The molecule has 0 fully saturated rings. The van der Waals surface area contributed by atoms with Crippen molar-refractivity contribution in [3.63, 3.8) is 0 Å². The molecule has 1 heterocycles. The molecule has 0 bridgehead atoms. The van der Waals surface area contributed by atoms with Gasteiger partial charge in [0.05, 0.1) is 0 Å². The zero-order valence-corrected chi connectivity index (χ0v) is 21.7. The zero-order valence-electron chi connectivity index (χ0n) is 21.7. The second-order valence-corrected chi connectivity index (χ2v) is 9.63. The van der Waals surface area contributed by atoms with E-state index in [9.17, 15) is 4.39 Å². The molecule has 190 valence electrons. The smallest absolute Gasteiger partial charge is 0.159 e. The van der Waals surface area contributed by atoms with E-state index in [1.807, 2.05) is 36.7 Å². The number of unbranched alkanes of at least 4 members (excludes halogenated alkanes) is 12. The second-order valence-electron chi connectivity index (χ2n) is 9.63. The molecule has 1 aromatic heterocycles. The van der Waals surface area contributed by atoms with Crippen LogP contribution in [-0.4, -0.2) is 22.7 Å². The number of alkyl halides is 1. The van der Waals surface area contributed by atoms with Crippen LogP contribution in [-0.2, 0) is 6.42 Å². The first-order chi connectivity index (χ1) is 16.7. The predicted molar refractivity (Wildman–Crippen MR) is 142 cm³/mol. The van der Waals surface area contributed by atoms with Gasteiger partial charge in [0.25, 0.3) is 0 Å². The predicted octanol–water partition coefficient (Wildman–Crippen LogP) is 9.29. The molecule has 2 aromatic rings. The first-order valence-corrected chi connectivity index (χ1v) is 13.9. The van der Waals surface area contributed by atoms with E-state index in [0.29, 0.717) is 12.2 Å². The quantitative estimate of drug-likeness (QED) is 0.181. The van der Waals surface area contributed by atoms with E-state index >= 15 is 0 Å². The Morgan fingerprint density at radius 2 is 1.24 bits per heavy atom. The molecule has 1 aromatic carbocycles. The van der Waals surface area contributed by atoms with Crippen molar-refractivity contribution in [3.8, 4) is 17.1 Å². The van der Waals surface area contributed by atoms with Crippen LogP contribution in [0.4, 0.5) is 4.39 Å². The third kappa shape index (κ3) is 12.5. The lowest BCUT2D eigenvalue weighted by atomic mass is 10.1. The molecule has 0 aliphatic rings. The van der Waals surface area contributed by atoms with Crippen LogP contribution in [0.15, 0.2) is 36.7 Å². The minimum Gasteiger partial charge on any atom is -0.491 e. The zero-order chi connectivity index (χ0) is 24.3. The topological polar surface area (TPSA) is 35.0 Å². The van der Waals surface area contributed by atoms with Gasteiger partial charge in [0.1, 0.15) is 18.5 Å². The third-order valence-electron chi connectivity index (χ3n) is 6.44. The SMILES string of the molecule is CCCCCCCCCCc1cnc(-c2ccc(OCC(F)CCCCCCCC)cc2)nc1. The number of halogens is 1. The van der Waals surface area contributed by atoms with Crippen LogP contribution in [0.25, 0.3) is 11.4 Å². The van der Waals surface area contributed by atoms with Gasteiger partial charge < -0.3 is 4.74 Å². The fourth-order valence-electron chi connectivity index (χ4n) is 4.21. The van der Waals surface area contributed by atoms with E-state index in [2.05, 4.69) is 23.8 Å². The minimum absolute atomic E-state index is 0.123. The van der Waals surface area contributed by atoms with Gasteiger partial charge in [-0.2, -0.15) is 0 Å². The highest BCUT2D eigenvalue weighted by molar-refractivity contribution is 5.55. The Hall–Kier alpha value is -1.97. The fourth-order valence-corrected chi connectivity index (χ4v) is 4.21. The van der Waals surface area contributed by atoms with E-state index in [4.69, 9.17) is 4.74 Å². The van der Waals surface area contributed by atoms with E-state index in [1.165, 1.54) is 82.6 Å². The van der Waals surface area contributed by atoms with Gasteiger partial charge in [-0.15, -0.1) is 0 Å². The second kappa shape index (κ2) is 18.4. The molecule has 0 spiro atoms. The van der Waals surface area contributed by atoms with Gasteiger partial charge in [0, 0.05) is 18.0 Å². The van der Waals surface area contributed by atoms with Crippen LogP contribution in [0.5, 0.6) is 5.75 Å². The summed E-state index contributed by atoms with van der Waals surface area (Å²) in [6.45, 7) is 4.60. The summed E-state index contributed by atoms with van der Waals surface area (Å²) in [5.41, 5.74) is 2.16. The molecule has 1 unspecified atom stereocenters. The van der Waals surface area contributed by atoms with Crippen LogP contribution in [0.3, 0.4) is 0 Å². The molecule has 0 amide bonds. The van der Waals surface area contributed by atoms with Gasteiger partial charge >= 0.3 is 0 Å². The number of aromatic nitrogens is 2. The Bertz CT molecular complexity index is 732. The number of nitrogens with zero attached hydrogens (tertiary/aromatic N) is 2. The van der Waals surface area contributed by atoms with Gasteiger partial charge in [0.2, 0.25) is 0 Å². The molecule has 0 saturated heterocycles. The molecule has 0 saturated carbocycles. The number of aryl methyl sites for hydroxylation is 1. The van der Waals surface area contributed by atoms with Crippen LogP contribution >= 0.6 is 0 Å². The van der Waals surface area contributed by atoms with Crippen molar-refractivity contribution in [1.29, 1.82) is 0 Å². The highest BCUT2D eigenvalue weighted by atomic mass is 19.1. The summed E-state index contributed by atoms with van der Waals surface area (Å²) < 4.78 is 19.7. The summed E-state index contributed by atoms with van der Waals surface area (Å²) in [6, 6.07) is 7.66. The third-order valence-corrected chi connectivity index (χ3v) is 6.44. The highest BCUT2D eigenvalue weighted by Gasteiger charge is 2.08. The number of hydrogen-bond donors (Lipinski definition) is 0. The summed E-state index contributed by atoms with van der Waals surface area (Å²) in [5.74, 6) is 1.42. The summed E-state index contributed by atoms with van der Waals surface area (Å²) in [4.78, 5) is 9.10. The number of hydrogen-bond acceptors (Lipinski definition) is 3. The molecule has 0 radical (unpaired) electrons. The summed E-state index contributed by atoms with van der Waals surface area (Å²) in [7, 11) is 0. The normalized spacial score (nSPS) is 12.1. The molecule has 1 atom stereocenters. The van der Waals surface area contributed by atoms with Gasteiger partial charge in [0.15, 0.2) is 5.82 Å². The molecule has 2 rings (SSSR count). The Labute approximate surface area is 208 Å². The fraction of sp³-hybridized carbons (Fsp3) is 0.667. The van der Waals surface area contributed by atoms with Crippen molar-refractivity contribution in [2.75, 3.05) is 6.61 Å². The van der Waals surface area contributed by atoms with Crippen LogP contribution in [0, 0.1) is 0 Å². The van der Waals surface area contributed by atoms with Crippen molar-refractivity contribution in [1.82, 2.24) is 9.97 Å². The first kappa shape index (κ1) is 28.3. The average molecular weight is 471 g/mol. The van der Waals surface area contributed by atoms with Crippen LogP contribution in [0.2, 0.25) is 0 Å². The molecular formula is C30H47FN2O. The van der Waals surface area contributed by atoms with Crippen molar-refractivity contribution < 1.29 is 9.13 Å². The number of rotatable bonds is 20. The van der Waals surface area contributed by atoms with Gasteiger partial charge in [-0.1, -0.05) is 97.3 Å². The average Bonchev–Trinajstić information content (AvgIpc) is 2.87. The molecule has 34 heavy (non-hydrogen) atoms. The van der Waals surface area contributed by atoms with Gasteiger partial charge in [-0.3, -0.25) is 0 Å². The lowest BCUT2D eigenvalue weighted by Gasteiger charge is -2.11. The Morgan fingerprint density at radius 1 is 0.706 bits per heavy atom. The Kier molecular flexibility index (Phi) is 15.3. The van der Waals surface area contributed by atoms with E-state index in [0.717, 1.165) is 30.7 Å². The summed E-state index contributed by atoms with van der Waals surface area (Å²) in [5, 5.41) is 0. The van der Waals surface area contributed by atoms with E-state index in [-0.39, 0.29) is 6.61 Å². The van der Waals surface area contributed by atoms with E-state index in [1.54, 1.807) is 0 Å². The van der Waals surface area contributed by atoms with Gasteiger partial charge in [-0.25, -0.2) is 14.4 Å². The van der Waals surface area contributed by atoms with Crippen molar-refractivity contribution >= 4 is 0 Å². The van der Waals surface area contributed by atoms with Crippen molar-refractivity contribution in [2.45, 2.75) is 123 Å². The van der Waals surface area contributed by atoms with Crippen LogP contribution < -0.4 is 4.74 Å². The molecule has 0 aliphatic heterocycles. The molecule has 4 heteroatoms. The Morgan fingerprint density at radius 3 is 1.82 bits per heavy atom. The minimum atomic E-state index is -0.900. The lowest BCUT2D eigenvalue weighted by molar-refractivity contribution is 0.184. The van der Waals surface area contributed by atoms with E-state index < -0.39 is 6.17 Å². The number of benzene rings is 1. The van der Waals surface area contributed by atoms with Gasteiger partial charge in [-0.05, 0) is 49.1 Å².